The molecule has 0 amide bonds. The van der Waals surface area contributed by atoms with Gasteiger partial charge in [-0.2, -0.15) is 4.31 Å². The van der Waals surface area contributed by atoms with E-state index in [1.807, 2.05) is 13.8 Å². The molecule has 7 heteroatoms. The van der Waals surface area contributed by atoms with Crippen LogP contribution >= 0.6 is 0 Å². The molecule has 2 rings (SSSR count). The van der Waals surface area contributed by atoms with Crippen molar-refractivity contribution in [3.05, 3.63) is 12.0 Å². The fraction of sp³-hybridized carbons (Fsp3) is 0.769. The summed E-state index contributed by atoms with van der Waals surface area (Å²) in [5.74, 6) is 0.859. The molecule has 20 heavy (non-hydrogen) atoms. The van der Waals surface area contributed by atoms with Gasteiger partial charge >= 0.3 is 0 Å². The van der Waals surface area contributed by atoms with Gasteiger partial charge in [0.2, 0.25) is 0 Å². The molecule has 0 spiro atoms. The lowest BCUT2D eigenvalue weighted by molar-refractivity contribution is 0.275. The summed E-state index contributed by atoms with van der Waals surface area (Å²) in [6.07, 6.45) is 4.55. The molecule has 1 aliphatic rings. The van der Waals surface area contributed by atoms with Gasteiger partial charge in [0.15, 0.2) is 5.03 Å². The van der Waals surface area contributed by atoms with Gasteiger partial charge in [0.25, 0.3) is 10.0 Å². The number of rotatable bonds is 8. The average molecular weight is 301 g/mol. The first-order chi connectivity index (χ1) is 9.46. The number of nitrogens with one attached hydrogen (secondary N) is 1. The van der Waals surface area contributed by atoms with Crippen molar-refractivity contribution in [3.63, 3.8) is 0 Å². The Balaban J connectivity index is 2.16. The molecular formula is C13H23N3O3S. The number of aliphatic hydroxyl groups excluding tert-OH is 1. The van der Waals surface area contributed by atoms with Crippen LogP contribution in [-0.2, 0) is 10.0 Å². The molecule has 114 valence electrons. The maximum atomic E-state index is 12.6. The van der Waals surface area contributed by atoms with E-state index in [9.17, 15) is 8.42 Å². The highest BCUT2D eigenvalue weighted by Gasteiger charge is 2.38. The highest BCUT2D eigenvalue weighted by atomic mass is 32.2. The van der Waals surface area contributed by atoms with Gasteiger partial charge in [0.05, 0.1) is 6.20 Å². The highest BCUT2D eigenvalue weighted by molar-refractivity contribution is 7.89. The smallest absolute Gasteiger partial charge is 0.260 e. The predicted octanol–water partition coefficient (Wildman–Crippen LogP) is 1.46. The zero-order chi connectivity index (χ0) is 14.8. The first-order valence-corrected chi connectivity index (χ1v) is 8.58. The lowest BCUT2D eigenvalue weighted by Crippen LogP contribution is -2.34. The van der Waals surface area contributed by atoms with Gasteiger partial charge in [0, 0.05) is 25.1 Å². The summed E-state index contributed by atoms with van der Waals surface area (Å²) < 4.78 is 26.8. The Kier molecular flexibility index (Phi) is 4.82. The fourth-order valence-corrected chi connectivity index (χ4v) is 3.76. The Labute approximate surface area is 120 Å². The maximum absolute atomic E-state index is 12.6. The van der Waals surface area contributed by atoms with E-state index >= 15 is 0 Å². The number of aromatic nitrogens is 2. The number of H-pyrrole nitrogens is 1. The van der Waals surface area contributed by atoms with E-state index in [0.717, 1.165) is 12.8 Å². The summed E-state index contributed by atoms with van der Waals surface area (Å²) in [5.41, 5.74) is 0. The van der Waals surface area contributed by atoms with Crippen LogP contribution in [0.1, 0.15) is 51.3 Å². The van der Waals surface area contributed by atoms with Crippen molar-refractivity contribution >= 4 is 10.0 Å². The SMILES string of the molecule is CC(C)c1ncc(S(=O)(=O)N(CCCCO)C2CC2)[nH]1. The van der Waals surface area contributed by atoms with Crippen LogP contribution in [-0.4, -0.2) is 47.0 Å². The van der Waals surface area contributed by atoms with Crippen LogP contribution in [0.2, 0.25) is 0 Å². The van der Waals surface area contributed by atoms with Crippen molar-refractivity contribution < 1.29 is 13.5 Å². The molecule has 0 saturated heterocycles. The van der Waals surface area contributed by atoms with E-state index in [-0.39, 0.29) is 23.6 Å². The summed E-state index contributed by atoms with van der Waals surface area (Å²) in [4.78, 5) is 7.06. The Morgan fingerprint density at radius 3 is 2.65 bits per heavy atom. The van der Waals surface area contributed by atoms with Crippen LogP contribution in [0.5, 0.6) is 0 Å². The van der Waals surface area contributed by atoms with Crippen molar-refractivity contribution in [1.82, 2.24) is 14.3 Å². The van der Waals surface area contributed by atoms with Gasteiger partial charge in [-0.05, 0) is 25.7 Å². The largest absolute Gasteiger partial charge is 0.396 e. The Morgan fingerprint density at radius 2 is 2.15 bits per heavy atom. The summed E-state index contributed by atoms with van der Waals surface area (Å²) in [5, 5.41) is 9.01. The third-order valence-corrected chi connectivity index (χ3v) is 5.31. The molecule has 0 aliphatic heterocycles. The fourth-order valence-electron chi connectivity index (χ4n) is 2.11. The number of unbranched alkanes of at least 4 members (excludes halogenated alkanes) is 1. The molecule has 1 aromatic heterocycles. The second-order valence-electron chi connectivity index (χ2n) is 5.57. The minimum atomic E-state index is -3.50. The molecule has 1 aliphatic carbocycles. The molecule has 0 aromatic carbocycles. The number of hydrogen-bond donors (Lipinski definition) is 2. The first-order valence-electron chi connectivity index (χ1n) is 7.14. The molecule has 0 atom stereocenters. The van der Waals surface area contributed by atoms with Crippen LogP contribution < -0.4 is 0 Å². The first kappa shape index (κ1) is 15.5. The number of hydrogen-bond acceptors (Lipinski definition) is 4. The van der Waals surface area contributed by atoms with E-state index in [4.69, 9.17) is 5.11 Å². The molecule has 0 bridgehead atoms. The lowest BCUT2D eigenvalue weighted by Gasteiger charge is -2.20. The summed E-state index contributed by atoms with van der Waals surface area (Å²) in [7, 11) is -3.50. The Bertz CT molecular complexity index is 535. The zero-order valence-electron chi connectivity index (χ0n) is 12.0. The zero-order valence-corrected chi connectivity index (χ0v) is 12.9. The molecule has 1 heterocycles. The van der Waals surface area contributed by atoms with E-state index in [2.05, 4.69) is 9.97 Å². The van der Waals surface area contributed by atoms with E-state index in [0.29, 0.717) is 25.2 Å². The van der Waals surface area contributed by atoms with Crippen LogP contribution in [0.4, 0.5) is 0 Å². The molecular weight excluding hydrogens is 278 g/mol. The summed E-state index contributed by atoms with van der Waals surface area (Å²) in [6.45, 7) is 4.49. The summed E-state index contributed by atoms with van der Waals surface area (Å²) in [6, 6.07) is 0.115. The molecule has 0 radical (unpaired) electrons. The van der Waals surface area contributed by atoms with Crippen LogP contribution in [0.25, 0.3) is 0 Å². The maximum Gasteiger partial charge on any atom is 0.260 e. The van der Waals surface area contributed by atoms with Crippen LogP contribution in [0.3, 0.4) is 0 Å². The minimum absolute atomic E-state index is 0.0973. The van der Waals surface area contributed by atoms with Crippen molar-refractivity contribution in [2.24, 2.45) is 0 Å². The Morgan fingerprint density at radius 1 is 1.45 bits per heavy atom. The predicted molar refractivity (Wildman–Crippen MR) is 75.9 cm³/mol. The number of aromatic amines is 1. The van der Waals surface area contributed by atoms with E-state index < -0.39 is 10.0 Å². The van der Waals surface area contributed by atoms with Crippen molar-refractivity contribution in [2.45, 2.75) is 56.5 Å². The monoisotopic (exact) mass is 301 g/mol. The van der Waals surface area contributed by atoms with E-state index in [1.165, 1.54) is 6.20 Å². The van der Waals surface area contributed by atoms with Crippen molar-refractivity contribution in [3.8, 4) is 0 Å². The Hall–Kier alpha value is -0.920. The summed E-state index contributed by atoms with van der Waals surface area (Å²) >= 11 is 0. The number of imidazole rings is 1. The number of aliphatic hydroxyl groups is 1. The molecule has 1 aromatic rings. The molecule has 1 fully saturated rings. The van der Waals surface area contributed by atoms with E-state index in [1.54, 1.807) is 4.31 Å². The topological polar surface area (TPSA) is 86.3 Å². The number of nitrogens with zero attached hydrogens (tertiary/aromatic N) is 2. The van der Waals surface area contributed by atoms with Crippen LogP contribution in [0.15, 0.2) is 11.2 Å². The van der Waals surface area contributed by atoms with Gasteiger partial charge in [0.1, 0.15) is 5.82 Å². The molecule has 2 N–H and O–H groups in total. The molecule has 0 unspecified atom stereocenters. The quantitative estimate of drug-likeness (QED) is 0.712. The van der Waals surface area contributed by atoms with Crippen LogP contribution in [0, 0.1) is 0 Å². The third-order valence-electron chi connectivity index (χ3n) is 3.45. The molecule has 1 saturated carbocycles. The van der Waals surface area contributed by atoms with Gasteiger partial charge < -0.3 is 10.1 Å². The second-order valence-corrected chi connectivity index (χ2v) is 7.42. The lowest BCUT2D eigenvalue weighted by atomic mass is 10.2. The number of sulfonamides is 1. The van der Waals surface area contributed by atoms with Crippen molar-refractivity contribution in [1.29, 1.82) is 0 Å². The molecule has 6 nitrogen and oxygen atoms in total. The van der Waals surface area contributed by atoms with Crippen molar-refractivity contribution in [2.75, 3.05) is 13.2 Å². The minimum Gasteiger partial charge on any atom is -0.396 e. The van der Waals surface area contributed by atoms with Gasteiger partial charge in [-0.15, -0.1) is 0 Å². The second kappa shape index (κ2) is 6.24. The average Bonchev–Trinajstić information content (AvgIpc) is 3.07. The van der Waals surface area contributed by atoms with Gasteiger partial charge in [-0.25, -0.2) is 13.4 Å². The standard InChI is InChI=1S/C13H23N3O3S/c1-10(2)13-14-9-12(15-13)20(18,19)16(11-5-6-11)7-3-4-8-17/h9-11,17H,3-8H2,1-2H3,(H,14,15). The van der Waals surface area contributed by atoms with Gasteiger partial charge in [-0.3, -0.25) is 0 Å². The van der Waals surface area contributed by atoms with Gasteiger partial charge in [-0.1, -0.05) is 13.8 Å². The highest BCUT2D eigenvalue weighted by Crippen LogP contribution is 2.32. The normalized spacial score (nSPS) is 16.2. The third kappa shape index (κ3) is 3.39.